The van der Waals surface area contributed by atoms with E-state index in [1.54, 1.807) is 30.3 Å². The number of nitrogens with zero attached hydrogens (tertiary/aromatic N) is 2. The molecule has 30 heavy (non-hydrogen) atoms. The lowest BCUT2D eigenvalue weighted by atomic mass is 10.1. The van der Waals surface area contributed by atoms with Crippen molar-refractivity contribution in [2.45, 2.75) is 32.5 Å². The molecule has 2 aromatic rings. The van der Waals surface area contributed by atoms with Crippen LogP contribution in [0.25, 0.3) is 0 Å². The van der Waals surface area contributed by atoms with Crippen molar-refractivity contribution in [1.82, 2.24) is 9.80 Å². The number of amides is 1. The van der Waals surface area contributed by atoms with Gasteiger partial charge >= 0.3 is 0 Å². The fourth-order valence-electron chi connectivity index (χ4n) is 3.75. The fourth-order valence-corrected chi connectivity index (χ4v) is 3.75. The number of rotatable bonds is 7. The Morgan fingerprint density at radius 2 is 1.87 bits per heavy atom. The number of para-hydroxylation sites is 1. The number of methoxy groups -OCH3 is 1. The summed E-state index contributed by atoms with van der Waals surface area (Å²) in [6, 6.07) is 11.7. The van der Waals surface area contributed by atoms with E-state index in [1.165, 1.54) is 19.2 Å². The maximum atomic E-state index is 13.1. The average molecular weight is 414 g/mol. The molecule has 0 bridgehead atoms. The lowest BCUT2D eigenvalue weighted by Gasteiger charge is -2.44. The summed E-state index contributed by atoms with van der Waals surface area (Å²) in [4.78, 5) is 28.2. The molecule has 0 N–H and O–H groups in total. The highest BCUT2D eigenvalue weighted by Gasteiger charge is 2.32. The van der Waals surface area contributed by atoms with Crippen molar-refractivity contribution in [1.29, 1.82) is 0 Å². The van der Waals surface area contributed by atoms with E-state index in [4.69, 9.17) is 9.47 Å². The van der Waals surface area contributed by atoms with Crippen LogP contribution in [-0.4, -0.2) is 60.9 Å². The van der Waals surface area contributed by atoms with Gasteiger partial charge in [0.25, 0.3) is 5.91 Å². The number of halogens is 1. The molecule has 160 valence electrons. The van der Waals surface area contributed by atoms with Gasteiger partial charge in [-0.1, -0.05) is 18.2 Å². The molecule has 0 saturated carbocycles. The zero-order valence-electron chi connectivity index (χ0n) is 17.5. The fraction of sp³-hybridized carbons (Fsp3) is 0.391. The first kappa shape index (κ1) is 21.8. The Hall–Kier alpha value is -2.93. The molecule has 1 aliphatic rings. The molecule has 1 fully saturated rings. The number of hydrogen-bond acceptors (Lipinski definition) is 5. The first-order valence-electron chi connectivity index (χ1n) is 9.96. The molecule has 2 atom stereocenters. The molecule has 1 aliphatic heterocycles. The molecule has 1 heterocycles. The Labute approximate surface area is 176 Å². The van der Waals surface area contributed by atoms with Crippen molar-refractivity contribution < 1.29 is 23.5 Å². The van der Waals surface area contributed by atoms with Crippen molar-refractivity contribution in [2.75, 3.05) is 26.8 Å². The summed E-state index contributed by atoms with van der Waals surface area (Å²) in [5, 5.41) is 0. The van der Waals surface area contributed by atoms with Crippen molar-refractivity contribution in [2.24, 2.45) is 0 Å². The van der Waals surface area contributed by atoms with Gasteiger partial charge in [-0.05, 0) is 43.7 Å². The van der Waals surface area contributed by atoms with E-state index in [0.29, 0.717) is 37.2 Å². The highest BCUT2D eigenvalue weighted by Crippen LogP contribution is 2.30. The Morgan fingerprint density at radius 3 is 2.53 bits per heavy atom. The molecule has 1 saturated heterocycles. The minimum Gasteiger partial charge on any atom is -0.493 e. The van der Waals surface area contributed by atoms with E-state index >= 15 is 0 Å². The summed E-state index contributed by atoms with van der Waals surface area (Å²) >= 11 is 0. The molecular formula is C23H27FN2O4. The van der Waals surface area contributed by atoms with Crippen LogP contribution >= 0.6 is 0 Å². The molecule has 0 spiro atoms. The number of carbonyl (C=O) groups is 2. The van der Waals surface area contributed by atoms with Crippen LogP contribution in [0.5, 0.6) is 11.5 Å². The van der Waals surface area contributed by atoms with Crippen LogP contribution < -0.4 is 9.47 Å². The van der Waals surface area contributed by atoms with Gasteiger partial charge in [-0.3, -0.25) is 14.5 Å². The Balaban J connectivity index is 1.61. The Bertz CT molecular complexity index is 887. The van der Waals surface area contributed by atoms with Crippen LogP contribution in [0.1, 0.15) is 29.8 Å². The molecular weight excluding hydrogens is 387 g/mol. The summed E-state index contributed by atoms with van der Waals surface area (Å²) in [7, 11) is 1.49. The Morgan fingerprint density at radius 1 is 1.13 bits per heavy atom. The first-order valence-corrected chi connectivity index (χ1v) is 9.96. The third kappa shape index (κ3) is 4.97. The summed E-state index contributed by atoms with van der Waals surface area (Å²) in [5.41, 5.74) is 1.38. The lowest BCUT2D eigenvalue weighted by molar-refractivity contribution is -0.139. The van der Waals surface area contributed by atoms with Crippen molar-refractivity contribution in [3.05, 3.63) is 59.4 Å². The second-order valence-electron chi connectivity index (χ2n) is 7.59. The van der Waals surface area contributed by atoms with Gasteiger partial charge in [0.2, 0.25) is 0 Å². The predicted molar refractivity (Wildman–Crippen MR) is 111 cm³/mol. The number of benzene rings is 2. The molecule has 1 amide bonds. The number of piperazine rings is 1. The number of aldehydes is 1. The second kappa shape index (κ2) is 9.71. The van der Waals surface area contributed by atoms with Crippen LogP contribution in [0.2, 0.25) is 0 Å². The number of carbonyl (C=O) groups excluding carboxylic acids is 2. The maximum Gasteiger partial charge on any atom is 0.260 e. The molecule has 3 rings (SSSR count). The van der Waals surface area contributed by atoms with Gasteiger partial charge in [-0.25, -0.2) is 4.39 Å². The van der Waals surface area contributed by atoms with Gasteiger partial charge in [0.15, 0.2) is 24.4 Å². The molecule has 0 aliphatic carbocycles. The van der Waals surface area contributed by atoms with Gasteiger partial charge in [-0.15, -0.1) is 0 Å². The van der Waals surface area contributed by atoms with E-state index < -0.39 is 0 Å². The minimum absolute atomic E-state index is 0.000888. The van der Waals surface area contributed by atoms with Crippen LogP contribution in [0.3, 0.4) is 0 Å². The number of hydrogen-bond donors (Lipinski definition) is 0. The standard InChI is InChI=1S/C23H27FN2O4/c1-16-12-26(17(2)11-25(16)13-18-7-9-20(24)10-8-18)22(28)15-30-23-19(14-27)5-4-6-21(23)29-3/h4-10,14,16-17H,11-13,15H2,1-3H3. The van der Waals surface area contributed by atoms with E-state index in [2.05, 4.69) is 11.8 Å². The molecule has 7 heteroatoms. The first-order chi connectivity index (χ1) is 14.4. The summed E-state index contributed by atoms with van der Waals surface area (Å²) in [5.74, 6) is 0.304. The van der Waals surface area contributed by atoms with Gasteiger partial charge in [0.1, 0.15) is 5.82 Å². The predicted octanol–water partition coefficient (Wildman–Crippen LogP) is 3.15. The normalized spacial score (nSPS) is 19.4. The van der Waals surface area contributed by atoms with Crippen LogP contribution in [-0.2, 0) is 11.3 Å². The largest absolute Gasteiger partial charge is 0.493 e. The van der Waals surface area contributed by atoms with Crippen molar-refractivity contribution in [3.8, 4) is 11.5 Å². The second-order valence-corrected chi connectivity index (χ2v) is 7.59. The average Bonchev–Trinajstić information content (AvgIpc) is 2.75. The zero-order chi connectivity index (χ0) is 21.7. The van der Waals surface area contributed by atoms with Gasteiger partial charge < -0.3 is 14.4 Å². The van der Waals surface area contributed by atoms with E-state index in [-0.39, 0.29) is 36.2 Å². The third-order valence-electron chi connectivity index (χ3n) is 5.43. The summed E-state index contributed by atoms with van der Waals surface area (Å²) < 4.78 is 24.1. The quantitative estimate of drug-likeness (QED) is 0.652. The lowest BCUT2D eigenvalue weighted by Crippen LogP contribution is -2.58. The molecule has 0 radical (unpaired) electrons. The van der Waals surface area contributed by atoms with Crippen molar-refractivity contribution in [3.63, 3.8) is 0 Å². The Kier molecular flexibility index (Phi) is 7.05. The van der Waals surface area contributed by atoms with Crippen LogP contribution in [0.4, 0.5) is 4.39 Å². The highest BCUT2D eigenvalue weighted by atomic mass is 19.1. The SMILES string of the molecule is COc1cccc(C=O)c1OCC(=O)N1CC(C)N(Cc2ccc(F)cc2)CC1C. The smallest absolute Gasteiger partial charge is 0.260 e. The van der Waals surface area contributed by atoms with Gasteiger partial charge in [-0.2, -0.15) is 0 Å². The topological polar surface area (TPSA) is 59.1 Å². The molecule has 0 aromatic heterocycles. The van der Waals surface area contributed by atoms with E-state index in [1.807, 2.05) is 11.8 Å². The van der Waals surface area contributed by atoms with E-state index in [0.717, 1.165) is 5.56 Å². The number of ether oxygens (including phenoxy) is 2. The summed E-state index contributed by atoms with van der Waals surface area (Å²) in [6.07, 6.45) is 0.682. The molecule has 6 nitrogen and oxygen atoms in total. The maximum absolute atomic E-state index is 13.1. The monoisotopic (exact) mass is 414 g/mol. The minimum atomic E-state index is -0.247. The van der Waals surface area contributed by atoms with E-state index in [9.17, 15) is 14.0 Å². The third-order valence-corrected chi connectivity index (χ3v) is 5.43. The van der Waals surface area contributed by atoms with Crippen molar-refractivity contribution >= 4 is 12.2 Å². The zero-order valence-corrected chi connectivity index (χ0v) is 17.5. The van der Waals surface area contributed by atoms with Crippen LogP contribution in [0, 0.1) is 5.82 Å². The summed E-state index contributed by atoms with van der Waals surface area (Å²) in [6.45, 7) is 5.88. The van der Waals surface area contributed by atoms with Gasteiger partial charge in [0, 0.05) is 31.7 Å². The highest BCUT2D eigenvalue weighted by molar-refractivity contribution is 5.82. The molecule has 2 unspecified atom stereocenters. The van der Waals surface area contributed by atoms with Gasteiger partial charge in [0.05, 0.1) is 12.7 Å². The molecule has 2 aromatic carbocycles. The van der Waals surface area contributed by atoms with Crippen LogP contribution in [0.15, 0.2) is 42.5 Å².